The predicted molar refractivity (Wildman–Crippen MR) is 184 cm³/mol. The molecular weight excluding hydrogens is 651 g/mol. The van der Waals surface area contributed by atoms with E-state index in [2.05, 4.69) is 60.6 Å². The largest absolute Gasteiger partial charge is 0.456 e. The molecule has 5 unspecified atom stereocenters. The summed E-state index contributed by atoms with van der Waals surface area (Å²) in [6.07, 6.45) is -1.50. The average Bonchev–Trinajstić information content (AvgIpc) is 3.31. The highest BCUT2D eigenvalue weighted by molar-refractivity contribution is 5.45. The molecule has 0 bridgehead atoms. The van der Waals surface area contributed by atoms with Gasteiger partial charge in [-0.2, -0.15) is 22.0 Å². The topological polar surface area (TPSA) is 58.9 Å². The van der Waals surface area contributed by atoms with Crippen LogP contribution in [0.5, 0.6) is 0 Å². The van der Waals surface area contributed by atoms with Crippen molar-refractivity contribution in [1.29, 1.82) is 0 Å². The van der Waals surface area contributed by atoms with Crippen LogP contribution in [-0.4, -0.2) is 52.5 Å². The Labute approximate surface area is 295 Å². The Morgan fingerprint density at radius 2 is 1.46 bits per heavy atom. The van der Waals surface area contributed by atoms with Crippen LogP contribution in [0.4, 0.5) is 22.0 Å². The molecule has 4 nitrogen and oxygen atoms in total. The molecule has 9 heteroatoms. The van der Waals surface area contributed by atoms with E-state index in [-0.39, 0.29) is 41.4 Å². The van der Waals surface area contributed by atoms with Gasteiger partial charge >= 0.3 is 12.1 Å². The lowest BCUT2D eigenvalue weighted by Crippen LogP contribution is -2.65. The van der Waals surface area contributed by atoms with E-state index >= 15 is 8.78 Å². The zero-order valence-corrected chi connectivity index (χ0v) is 31.3. The normalized spacial score (nSPS) is 36.8. The van der Waals surface area contributed by atoms with Crippen molar-refractivity contribution >= 4 is 0 Å². The number of alkyl halides is 5. The molecule has 0 aromatic heterocycles. The molecule has 1 spiro atoms. The van der Waals surface area contributed by atoms with Crippen LogP contribution in [0.25, 0.3) is 0 Å². The van der Waals surface area contributed by atoms with Crippen LogP contribution in [0.1, 0.15) is 143 Å². The summed E-state index contributed by atoms with van der Waals surface area (Å²) in [6, 6.07) is 8.22. The van der Waals surface area contributed by atoms with Gasteiger partial charge in [0.2, 0.25) is 0 Å². The van der Waals surface area contributed by atoms with Gasteiger partial charge < -0.3 is 19.7 Å². The van der Waals surface area contributed by atoms with Crippen molar-refractivity contribution in [1.82, 2.24) is 0 Å². The van der Waals surface area contributed by atoms with E-state index in [1.165, 1.54) is 6.92 Å². The third kappa shape index (κ3) is 6.00. The first-order valence-electron chi connectivity index (χ1n) is 18.9. The number of allylic oxidation sites excluding steroid dienone is 1. The first-order valence-corrected chi connectivity index (χ1v) is 18.9. The fraction of sp³-hybridized carbons (Fsp3) is 0.805. The summed E-state index contributed by atoms with van der Waals surface area (Å²) in [7, 11) is 0. The van der Waals surface area contributed by atoms with Gasteiger partial charge in [-0.15, -0.1) is 0 Å². The SMILES string of the molecule is CCC(C)(CCC(C)(C)C)c1ccc([C@H]2C[C@@]3(C)C(CCC3(O)C(F)(F)C(F)(F)F)C3CCC4(O)CC5(CCC4=C32)OCC(C)(C)CO5)cc1. The fourth-order valence-electron chi connectivity index (χ4n) is 10.6. The molecule has 4 aliphatic carbocycles. The Morgan fingerprint density at radius 1 is 0.840 bits per heavy atom. The maximum Gasteiger partial charge on any atom is 0.456 e. The minimum Gasteiger partial charge on any atom is -0.385 e. The van der Waals surface area contributed by atoms with Gasteiger partial charge in [-0.1, -0.05) is 85.2 Å². The van der Waals surface area contributed by atoms with E-state index < -0.39 is 52.8 Å². The number of halogens is 5. The van der Waals surface area contributed by atoms with Crippen LogP contribution in [0, 0.1) is 28.1 Å². The van der Waals surface area contributed by atoms with Gasteiger partial charge in [-0.05, 0) is 97.2 Å². The number of ether oxygens (including phenoxy) is 2. The lowest BCUT2D eigenvalue weighted by molar-refractivity contribution is -0.362. The van der Waals surface area contributed by atoms with Crippen molar-refractivity contribution < 1.29 is 41.6 Å². The van der Waals surface area contributed by atoms with Gasteiger partial charge in [0.05, 0.1) is 18.8 Å². The van der Waals surface area contributed by atoms with Crippen molar-refractivity contribution in [2.75, 3.05) is 13.2 Å². The monoisotopic (exact) mass is 710 g/mol. The van der Waals surface area contributed by atoms with E-state index in [9.17, 15) is 23.4 Å². The summed E-state index contributed by atoms with van der Waals surface area (Å²) in [6.45, 7) is 17.7. The third-order valence-electron chi connectivity index (χ3n) is 14.1. The highest BCUT2D eigenvalue weighted by Crippen LogP contribution is 2.71. The standard InChI is InChI=1S/C41H59F5O4/c1-9-35(7,21-20-33(2,3)4)27-12-10-26(11-13-27)29-22-36(8)30(16-19-39(36,48)40(42,43)41(44,45)46)28-14-17-37(47)23-38(18-15-31(37)32(28)29)49-24-34(5,6)25-50-38/h10-13,28-30,47-48H,9,14-25H2,1-8H3/t28?,29-,30?,35?,36+,37?,39?/m1/s1. The first kappa shape index (κ1) is 38.2. The van der Waals surface area contributed by atoms with Crippen molar-refractivity contribution in [2.24, 2.45) is 28.1 Å². The number of benzene rings is 1. The summed E-state index contributed by atoms with van der Waals surface area (Å²) < 4.78 is 85.8. The Kier molecular flexibility index (Phi) is 9.15. The minimum absolute atomic E-state index is 0.0635. The van der Waals surface area contributed by atoms with E-state index in [0.717, 1.165) is 41.5 Å². The third-order valence-corrected chi connectivity index (χ3v) is 14.1. The highest BCUT2D eigenvalue weighted by Gasteiger charge is 2.79. The molecule has 1 aromatic carbocycles. The molecule has 1 aromatic rings. The van der Waals surface area contributed by atoms with Crippen LogP contribution >= 0.6 is 0 Å². The molecule has 1 saturated heterocycles. The molecule has 0 amide bonds. The van der Waals surface area contributed by atoms with Crippen LogP contribution in [0.15, 0.2) is 35.4 Å². The molecule has 2 N–H and O–H groups in total. The molecule has 282 valence electrons. The summed E-state index contributed by atoms with van der Waals surface area (Å²) >= 11 is 0. The van der Waals surface area contributed by atoms with Gasteiger partial charge in [0, 0.05) is 29.6 Å². The maximum absolute atomic E-state index is 15.5. The second-order valence-corrected chi connectivity index (χ2v) is 19.3. The Hall–Kier alpha value is -1.55. The van der Waals surface area contributed by atoms with Gasteiger partial charge in [0.25, 0.3) is 0 Å². The first-order chi connectivity index (χ1) is 22.9. The van der Waals surface area contributed by atoms with E-state index in [1.54, 1.807) is 0 Å². The van der Waals surface area contributed by atoms with E-state index in [1.807, 2.05) is 12.1 Å². The molecule has 5 aliphatic rings. The van der Waals surface area contributed by atoms with E-state index in [4.69, 9.17) is 9.47 Å². The Balaban J connectivity index is 1.44. The van der Waals surface area contributed by atoms with Crippen molar-refractivity contribution in [3.63, 3.8) is 0 Å². The minimum atomic E-state index is -5.88. The molecule has 50 heavy (non-hydrogen) atoms. The lowest BCUT2D eigenvalue weighted by Gasteiger charge is -2.59. The molecule has 6 rings (SSSR count). The number of hydrogen-bond acceptors (Lipinski definition) is 4. The molecular formula is C41H59F5O4. The van der Waals surface area contributed by atoms with Crippen molar-refractivity contribution in [3.05, 3.63) is 46.5 Å². The van der Waals surface area contributed by atoms with Crippen LogP contribution in [0.3, 0.4) is 0 Å². The molecule has 1 aliphatic heterocycles. The molecule has 3 saturated carbocycles. The van der Waals surface area contributed by atoms with Gasteiger partial charge in [0.1, 0.15) is 5.60 Å². The van der Waals surface area contributed by atoms with E-state index in [0.29, 0.717) is 38.9 Å². The molecule has 0 radical (unpaired) electrons. The lowest BCUT2D eigenvalue weighted by atomic mass is 9.49. The average molecular weight is 711 g/mol. The second kappa shape index (κ2) is 12.0. The van der Waals surface area contributed by atoms with Gasteiger partial charge in [-0.25, -0.2) is 0 Å². The van der Waals surface area contributed by atoms with Crippen LogP contribution in [-0.2, 0) is 14.9 Å². The summed E-state index contributed by atoms with van der Waals surface area (Å²) in [4.78, 5) is 0. The second-order valence-electron chi connectivity index (χ2n) is 19.3. The van der Waals surface area contributed by atoms with Crippen LogP contribution in [0.2, 0.25) is 0 Å². The number of hydrogen-bond donors (Lipinski definition) is 2. The highest BCUT2D eigenvalue weighted by atomic mass is 19.4. The Bertz CT molecular complexity index is 1470. The predicted octanol–water partition coefficient (Wildman–Crippen LogP) is 10.4. The quantitative estimate of drug-likeness (QED) is 0.228. The van der Waals surface area contributed by atoms with Gasteiger partial charge in [-0.3, -0.25) is 0 Å². The molecule has 1 heterocycles. The number of rotatable bonds is 6. The Morgan fingerprint density at radius 3 is 2.02 bits per heavy atom. The smallest absolute Gasteiger partial charge is 0.385 e. The van der Waals surface area contributed by atoms with Crippen LogP contribution < -0.4 is 0 Å². The van der Waals surface area contributed by atoms with Crippen molar-refractivity contribution in [3.8, 4) is 0 Å². The van der Waals surface area contributed by atoms with Gasteiger partial charge in [0.15, 0.2) is 5.79 Å². The van der Waals surface area contributed by atoms with Crippen molar-refractivity contribution in [2.45, 2.75) is 166 Å². The zero-order chi connectivity index (χ0) is 37.0. The summed E-state index contributed by atoms with van der Waals surface area (Å²) in [5.74, 6) is -7.63. The number of fused-ring (bicyclic) bond motifs is 4. The fourth-order valence-corrected chi connectivity index (χ4v) is 10.6. The maximum atomic E-state index is 15.5. The number of aliphatic hydroxyl groups is 2. The molecule has 4 fully saturated rings. The summed E-state index contributed by atoms with van der Waals surface area (Å²) in [5, 5.41) is 24.2. The summed E-state index contributed by atoms with van der Waals surface area (Å²) in [5.41, 5.74) is -2.41. The molecule has 7 atom stereocenters. The zero-order valence-electron chi connectivity index (χ0n) is 31.3.